The highest BCUT2D eigenvalue weighted by Crippen LogP contribution is 2.30. The quantitative estimate of drug-likeness (QED) is 0.0419. The van der Waals surface area contributed by atoms with Gasteiger partial charge in [-0.3, -0.25) is 19.9 Å². The number of aromatic nitrogens is 4. The first-order valence-electron chi connectivity index (χ1n) is 14.5. The third-order valence-electron chi connectivity index (χ3n) is 6.84. The Kier molecular flexibility index (Phi) is 18.8. The summed E-state index contributed by atoms with van der Waals surface area (Å²) in [6.45, 7) is 1.13. The number of imidazole rings is 1. The van der Waals surface area contributed by atoms with Gasteiger partial charge in [-0.05, 0) is 25.7 Å². The van der Waals surface area contributed by atoms with Crippen LogP contribution in [0.25, 0.3) is 11.2 Å². The lowest BCUT2D eigenvalue weighted by Crippen LogP contribution is -2.50. The van der Waals surface area contributed by atoms with Crippen molar-refractivity contribution in [2.45, 2.75) is 75.5 Å². The maximum atomic E-state index is 11.6. The van der Waals surface area contributed by atoms with Crippen LogP contribution in [0, 0.1) is 0 Å². The van der Waals surface area contributed by atoms with Crippen molar-refractivity contribution in [3.63, 3.8) is 0 Å². The van der Waals surface area contributed by atoms with Gasteiger partial charge in [-0.1, -0.05) is 0 Å². The zero-order valence-corrected chi connectivity index (χ0v) is 25.0. The molecule has 0 aliphatic carbocycles. The molecule has 4 rings (SSSR count). The van der Waals surface area contributed by atoms with Gasteiger partial charge in [0.25, 0.3) is 0 Å². The molecule has 6 unspecified atom stereocenters. The minimum atomic E-state index is -1.12. The van der Waals surface area contributed by atoms with Gasteiger partial charge in [0, 0.05) is 26.0 Å². The van der Waals surface area contributed by atoms with Gasteiger partial charge in [-0.25, -0.2) is 15.0 Å². The highest BCUT2D eigenvalue weighted by atomic mass is 17.0. The van der Waals surface area contributed by atoms with Crippen molar-refractivity contribution in [3.05, 3.63) is 12.7 Å². The third kappa shape index (κ3) is 12.9. The number of nitrogen functional groups attached to an aromatic ring is 1. The van der Waals surface area contributed by atoms with Crippen LogP contribution < -0.4 is 11.1 Å². The van der Waals surface area contributed by atoms with Crippen LogP contribution in [0.3, 0.4) is 0 Å². The fourth-order valence-corrected chi connectivity index (χ4v) is 4.52. The molecular formula is C26H46N6O13. The molecule has 258 valence electrons. The first-order valence-corrected chi connectivity index (χ1v) is 14.5. The molecule has 1 amide bonds. The van der Waals surface area contributed by atoms with E-state index in [9.17, 15) is 15.0 Å². The maximum Gasteiger partial charge on any atom is 0.220 e. The van der Waals surface area contributed by atoms with Gasteiger partial charge >= 0.3 is 0 Å². The Bertz CT molecular complexity index is 1080. The Morgan fingerprint density at radius 3 is 2.49 bits per heavy atom. The molecule has 2 fully saturated rings. The molecule has 2 aromatic heterocycles. The molecule has 4 heterocycles. The number of aliphatic hydroxyl groups is 5. The molecule has 10 N–H and O–H groups in total. The number of unbranched alkanes of at least 4 members (excludes halogenated alkanes) is 1. The van der Waals surface area contributed by atoms with Crippen molar-refractivity contribution in [1.29, 1.82) is 0 Å². The molecule has 2 saturated heterocycles. The normalized spacial score (nSPS) is 24.4. The highest BCUT2D eigenvalue weighted by molar-refractivity contribution is 5.81. The number of ether oxygens (including phenoxy) is 5. The number of anilines is 1. The van der Waals surface area contributed by atoms with E-state index in [0.717, 1.165) is 12.8 Å². The SMILES string of the molecule is Nc1ncnc2c1ncn2C1CCC(CO)O1.O=C(CCCCOC1CC(O)C(O)C(CO)O1)NCCOCCOCO.OO. The van der Waals surface area contributed by atoms with Crippen molar-refractivity contribution in [2.24, 2.45) is 0 Å². The van der Waals surface area contributed by atoms with Crippen LogP contribution in [-0.2, 0) is 28.5 Å². The fraction of sp³-hybridized carbons (Fsp3) is 0.769. The average Bonchev–Trinajstić information content (AvgIpc) is 3.71. The van der Waals surface area contributed by atoms with Crippen molar-refractivity contribution in [1.82, 2.24) is 24.8 Å². The monoisotopic (exact) mass is 650 g/mol. The summed E-state index contributed by atoms with van der Waals surface area (Å²) < 4.78 is 28.2. The zero-order valence-electron chi connectivity index (χ0n) is 25.0. The molecule has 19 nitrogen and oxygen atoms in total. The molecule has 0 aromatic carbocycles. The number of nitrogens with two attached hydrogens (primary N) is 1. The Morgan fingerprint density at radius 2 is 1.78 bits per heavy atom. The molecule has 6 atom stereocenters. The van der Waals surface area contributed by atoms with Crippen LogP contribution in [0.5, 0.6) is 0 Å². The Balaban J connectivity index is 0.000000317. The van der Waals surface area contributed by atoms with Crippen molar-refractivity contribution >= 4 is 22.9 Å². The number of amides is 1. The summed E-state index contributed by atoms with van der Waals surface area (Å²) in [5.41, 5.74) is 6.97. The second-order valence-electron chi connectivity index (χ2n) is 9.96. The van der Waals surface area contributed by atoms with Crippen LogP contribution >= 0.6 is 0 Å². The number of aliphatic hydroxyl groups excluding tert-OH is 5. The Labute approximate surface area is 259 Å². The van der Waals surface area contributed by atoms with Gasteiger partial charge in [0.05, 0.1) is 51.6 Å². The van der Waals surface area contributed by atoms with Crippen LogP contribution in [0.1, 0.15) is 44.8 Å². The van der Waals surface area contributed by atoms with E-state index in [4.69, 9.17) is 50.5 Å². The Morgan fingerprint density at radius 1 is 1.00 bits per heavy atom. The Hall–Kier alpha value is -2.66. The van der Waals surface area contributed by atoms with Crippen LogP contribution in [0.4, 0.5) is 5.82 Å². The number of nitrogens with zero attached hydrogens (tertiary/aromatic N) is 4. The minimum absolute atomic E-state index is 0.0419. The summed E-state index contributed by atoms with van der Waals surface area (Å²) in [6.07, 6.45) is 2.65. The molecule has 19 heteroatoms. The summed E-state index contributed by atoms with van der Waals surface area (Å²) in [6, 6.07) is 0. The van der Waals surface area contributed by atoms with E-state index < -0.39 is 31.2 Å². The highest BCUT2D eigenvalue weighted by Gasteiger charge is 2.36. The molecule has 2 aliphatic rings. The van der Waals surface area contributed by atoms with E-state index in [2.05, 4.69) is 25.0 Å². The lowest BCUT2D eigenvalue weighted by atomic mass is 10.0. The number of carbonyl (C=O) groups is 1. The second kappa shape index (κ2) is 22.0. The van der Waals surface area contributed by atoms with E-state index in [-0.39, 0.29) is 38.1 Å². The lowest BCUT2D eigenvalue weighted by Gasteiger charge is -2.36. The molecular weight excluding hydrogens is 604 g/mol. The van der Waals surface area contributed by atoms with E-state index in [1.54, 1.807) is 6.33 Å². The number of fused-ring (bicyclic) bond motifs is 1. The second-order valence-corrected chi connectivity index (χ2v) is 9.96. The summed E-state index contributed by atoms with van der Waals surface area (Å²) in [7, 11) is 0. The van der Waals surface area contributed by atoms with E-state index >= 15 is 0 Å². The standard InChI is InChI=1S/C16H31NO9.C10H13N5O2.H2O2/c18-10-13-16(22)12(20)9-15(26-13)25-5-2-1-3-14(21)17-4-6-23-7-8-24-11-19;11-9-8-10(13-4-12-9)15(5-14-8)7-2-1-6(3-16)17-7;1-2/h12-13,15-16,18-20,22H,1-11H2,(H,17,21);4-7,16H,1-3H2,(H2,11,12,13);1-2H. The number of rotatable bonds is 16. The minimum Gasteiger partial charge on any atom is -0.394 e. The van der Waals surface area contributed by atoms with Crippen molar-refractivity contribution in [2.75, 3.05) is 58.7 Å². The van der Waals surface area contributed by atoms with Gasteiger partial charge in [-0.15, -0.1) is 0 Å². The molecule has 0 bridgehead atoms. The average molecular weight is 651 g/mol. The fourth-order valence-electron chi connectivity index (χ4n) is 4.52. The maximum absolute atomic E-state index is 11.6. The van der Waals surface area contributed by atoms with E-state index in [1.807, 2.05) is 4.57 Å². The van der Waals surface area contributed by atoms with E-state index in [1.165, 1.54) is 6.33 Å². The number of carbonyl (C=O) groups excluding carboxylic acids is 1. The van der Waals surface area contributed by atoms with Gasteiger partial charge in [0.2, 0.25) is 5.91 Å². The van der Waals surface area contributed by atoms with Gasteiger partial charge in [0.1, 0.15) is 37.1 Å². The molecule has 2 aromatic rings. The largest absolute Gasteiger partial charge is 0.394 e. The lowest BCUT2D eigenvalue weighted by molar-refractivity contribution is -0.256. The first kappa shape index (κ1) is 38.5. The smallest absolute Gasteiger partial charge is 0.220 e. The van der Waals surface area contributed by atoms with E-state index in [0.29, 0.717) is 69.2 Å². The predicted molar refractivity (Wildman–Crippen MR) is 154 cm³/mol. The molecule has 0 saturated carbocycles. The summed E-state index contributed by atoms with van der Waals surface area (Å²) in [5, 5.41) is 60.6. The summed E-state index contributed by atoms with van der Waals surface area (Å²) in [5.74, 6) is 0.290. The van der Waals surface area contributed by atoms with Crippen LogP contribution in [0.2, 0.25) is 0 Å². The summed E-state index contributed by atoms with van der Waals surface area (Å²) in [4.78, 5) is 23.9. The predicted octanol–water partition coefficient (Wildman–Crippen LogP) is -1.80. The van der Waals surface area contributed by atoms with Crippen LogP contribution in [0.15, 0.2) is 12.7 Å². The molecule has 45 heavy (non-hydrogen) atoms. The molecule has 0 radical (unpaired) electrons. The van der Waals surface area contributed by atoms with Gasteiger partial charge in [0.15, 0.2) is 17.8 Å². The first-order chi connectivity index (χ1) is 21.9. The van der Waals surface area contributed by atoms with Gasteiger partial charge < -0.3 is 60.3 Å². The number of nitrogens with one attached hydrogen (secondary N) is 1. The number of hydrogen-bond donors (Lipinski definition) is 9. The summed E-state index contributed by atoms with van der Waals surface area (Å²) >= 11 is 0. The van der Waals surface area contributed by atoms with Crippen molar-refractivity contribution in [3.8, 4) is 0 Å². The third-order valence-corrected chi connectivity index (χ3v) is 6.84. The van der Waals surface area contributed by atoms with Crippen molar-refractivity contribution < 1.29 is 64.5 Å². The topological polar surface area (TPSA) is 286 Å². The van der Waals surface area contributed by atoms with Crippen LogP contribution in [-0.4, -0.2) is 145 Å². The molecule has 0 spiro atoms. The molecule has 2 aliphatic heterocycles. The van der Waals surface area contributed by atoms with Gasteiger partial charge in [-0.2, -0.15) is 0 Å². The number of hydrogen-bond acceptors (Lipinski definition) is 17. The zero-order chi connectivity index (χ0) is 33.0.